The second kappa shape index (κ2) is 6.00. The highest BCUT2D eigenvalue weighted by atomic mass is 16.7. The Morgan fingerprint density at radius 3 is 1.63 bits per heavy atom. The van der Waals surface area contributed by atoms with Crippen LogP contribution in [0.15, 0.2) is 48.5 Å². The first-order chi connectivity index (χ1) is 9.20. The summed E-state index contributed by atoms with van der Waals surface area (Å²) in [5.41, 5.74) is 12.9. The lowest BCUT2D eigenvalue weighted by Gasteiger charge is -2.20. The van der Waals surface area contributed by atoms with E-state index in [4.69, 9.17) is 20.9 Å². The van der Waals surface area contributed by atoms with Crippen LogP contribution in [0.5, 0.6) is 11.5 Å². The Morgan fingerprint density at radius 1 is 0.842 bits per heavy atom. The van der Waals surface area contributed by atoms with Crippen molar-refractivity contribution in [2.75, 3.05) is 11.5 Å². The number of rotatable bonds is 5. The quantitative estimate of drug-likeness (QED) is 0.638. The molecule has 0 saturated heterocycles. The summed E-state index contributed by atoms with van der Waals surface area (Å²) in [5, 5.41) is 0. The molecule has 4 heteroatoms. The van der Waals surface area contributed by atoms with Crippen LogP contribution in [0, 0.1) is 0 Å². The van der Waals surface area contributed by atoms with E-state index in [1.807, 2.05) is 43.3 Å². The Morgan fingerprint density at radius 2 is 1.26 bits per heavy atom. The van der Waals surface area contributed by atoms with E-state index >= 15 is 0 Å². The zero-order valence-electron chi connectivity index (χ0n) is 10.9. The van der Waals surface area contributed by atoms with Crippen molar-refractivity contribution in [1.29, 1.82) is 0 Å². The SMILES string of the molecule is CCC(Oc1ccccc1N)Oc1ccccc1N. The number of nitrogen functional groups attached to an aromatic ring is 2. The first-order valence-corrected chi connectivity index (χ1v) is 6.23. The average molecular weight is 258 g/mol. The van der Waals surface area contributed by atoms with Gasteiger partial charge in [-0.3, -0.25) is 0 Å². The maximum Gasteiger partial charge on any atom is 0.241 e. The minimum atomic E-state index is -0.422. The number of nitrogens with two attached hydrogens (primary N) is 2. The zero-order chi connectivity index (χ0) is 13.7. The number of hydrogen-bond donors (Lipinski definition) is 2. The van der Waals surface area contributed by atoms with Gasteiger partial charge in [0.2, 0.25) is 6.29 Å². The maximum atomic E-state index is 5.84. The van der Waals surface area contributed by atoms with Gasteiger partial charge in [-0.25, -0.2) is 0 Å². The summed E-state index contributed by atoms with van der Waals surface area (Å²) in [7, 11) is 0. The predicted molar refractivity (Wildman–Crippen MR) is 77.0 cm³/mol. The molecule has 0 atom stereocenters. The van der Waals surface area contributed by atoms with Crippen LogP contribution in [0.2, 0.25) is 0 Å². The van der Waals surface area contributed by atoms with Crippen LogP contribution < -0.4 is 20.9 Å². The van der Waals surface area contributed by atoms with Crippen LogP contribution in [0.25, 0.3) is 0 Å². The standard InChI is InChI=1S/C15H18N2O2/c1-2-15(18-13-9-5-3-7-11(13)16)19-14-10-6-4-8-12(14)17/h3-10,15H,2,16-17H2,1H3. The first kappa shape index (κ1) is 13.1. The van der Waals surface area contributed by atoms with Gasteiger partial charge in [-0.15, -0.1) is 0 Å². The van der Waals surface area contributed by atoms with Gasteiger partial charge in [0, 0.05) is 6.42 Å². The highest BCUT2D eigenvalue weighted by Gasteiger charge is 2.12. The van der Waals surface area contributed by atoms with Crippen LogP contribution in [0.3, 0.4) is 0 Å². The fourth-order valence-electron chi connectivity index (χ4n) is 1.65. The summed E-state index contributed by atoms with van der Waals surface area (Å²) in [6.07, 6.45) is 0.261. The third kappa shape index (κ3) is 3.31. The van der Waals surface area contributed by atoms with E-state index in [0.29, 0.717) is 29.3 Å². The van der Waals surface area contributed by atoms with E-state index in [1.54, 1.807) is 12.1 Å². The smallest absolute Gasteiger partial charge is 0.241 e. The molecule has 0 unspecified atom stereocenters. The summed E-state index contributed by atoms with van der Waals surface area (Å²) in [6, 6.07) is 14.7. The fraction of sp³-hybridized carbons (Fsp3) is 0.200. The average Bonchev–Trinajstić information content (AvgIpc) is 2.42. The normalized spacial score (nSPS) is 10.4. The van der Waals surface area contributed by atoms with Gasteiger partial charge in [-0.1, -0.05) is 31.2 Å². The van der Waals surface area contributed by atoms with Gasteiger partial charge in [0.15, 0.2) is 0 Å². The van der Waals surface area contributed by atoms with Crippen molar-refractivity contribution in [2.24, 2.45) is 0 Å². The van der Waals surface area contributed by atoms with E-state index in [-0.39, 0.29) is 0 Å². The molecule has 4 nitrogen and oxygen atoms in total. The molecule has 0 bridgehead atoms. The van der Waals surface area contributed by atoms with Gasteiger partial charge < -0.3 is 20.9 Å². The van der Waals surface area contributed by atoms with E-state index in [1.165, 1.54) is 0 Å². The lowest BCUT2D eigenvalue weighted by Crippen LogP contribution is -2.23. The summed E-state index contributed by atoms with van der Waals surface area (Å²) in [5.74, 6) is 1.23. The minimum absolute atomic E-state index is 0.422. The number of para-hydroxylation sites is 4. The number of anilines is 2. The molecule has 2 rings (SSSR count). The molecular formula is C15H18N2O2. The molecule has 0 radical (unpaired) electrons. The first-order valence-electron chi connectivity index (χ1n) is 6.23. The van der Waals surface area contributed by atoms with Crippen molar-refractivity contribution in [3.8, 4) is 11.5 Å². The van der Waals surface area contributed by atoms with Crippen molar-refractivity contribution < 1.29 is 9.47 Å². The monoisotopic (exact) mass is 258 g/mol. The molecule has 0 heterocycles. The van der Waals surface area contributed by atoms with Crippen LogP contribution >= 0.6 is 0 Å². The van der Waals surface area contributed by atoms with Gasteiger partial charge in [-0.2, -0.15) is 0 Å². The lowest BCUT2D eigenvalue weighted by atomic mass is 10.3. The molecule has 19 heavy (non-hydrogen) atoms. The van der Waals surface area contributed by atoms with Crippen molar-refractivity contribution in [3.05, 3.63) is 48.5 Å². The zero-order valence-corrected chi connectivity index (χ0v) is 10.9. The second-order valence-electron chi connectivity index (χ2n) is 4.15. The van der Waals surface area contributed by atoms with Gasteiger partial charge in [-0.05, 0) is 24.3 Å². The summed E-state index contributed by atoms with van der Waals surface area (Å²) in [4.78, 5) is 0. The second-order valence-corrected chi connectivity index (χ2v) is 4.15. The molecule has 0 saturated carbocycles. The van der Waals surface area contributed by atoms with Crippen LogP contribution in [0.1, 0.15) is 13.3 Å². The van der Waals surface area contributed by atoms with Crippen molar-refractivity contribution >= 4 is 11.4 Å². The number of ether oxygens (including phenoxy) is 2. The van der Waals surface area contributed by atoms with E-state index in [0.717, 1.165) is 0 Å². The molecule has 2 aromatic carbocycles. The Bertz CT molecular complexity index is 496. The molecule has 0 spiro atoms. The Balaban J connectivity index is 2.09. The molecule has 4 N–H and O–H groups in total. The Hall–Kier alpha value is -2.36. The van der Waals surface area contributed by atoms with E-state index in [2.05, 4.69) is 0 Å². The summed E-state index contributed by atoms with van der Waals surface area (Å²) < 4.78 is 11.5. The van der Waals surface area contributed by atoms with Crippen molar-refractivity contribution in [3.63, 3.8) is 0 Å². The van der Waals surface area contributed by atoms with Gasteiger partial charge in [0.25, 0.3) is 0 Å². The molecule has 0 aliphatic carbocycles. The van der Waals surface area contributed by atoms with Gasteiger partial charge in [0.05, 0.1) is 11.4 Å². The largest absolute Gasteiger partial charge is 0.453 e. The van der Waals surface area contributed by atoms with Crippen LogP contribution in [0.4, 0.5) is 11.4 Å². The number of benzene rings is 2. The molecular weight excluding hydrogens is 240 g/mol. The van der Waals surface area contributed by atoms with E-state index < -0.39 is 6.29 Å². The maximum absolute atomic E-state index is 5.84. The fourth-order valence-corrected chi connectivity index (χ4v) is 1.65. The third-order valence-electron chi connectivity index (χ3n) is 2.69. The Labute approximate surface area is 112 Å². The predicted octanol–water partition coefficient (Wildman–Crippen LogP) is 3.04. The van der Waals surface area contributed by atoms with Crippen molar-refractivity contribution in [2.45, 2.75) is 19.6 Å². The summed E-state index contributed by atoms with van der Waals surface area (Å²) in [6.45, 7) is 1.98. The van der Waals surface area contributed by atoms with Gasteiger partial charge in [0.1, 0.15) is 11.5 Å². The third-order valence-corrected chi connectivity index (χ3v) is 2.69. The molecule has 0 aromatic heterocycles. The Kier molecular flexibility index (Phi) is 4.13. The van der Waals surface area contributed by atoms with Gasteiger partial charge >= 0.3 is 0 Å². The highest BCUT2D eigenvalue weighted by Crippen LogP contribution is 2.26. The van der Waals surface area contributed by atoms with E-state index in [9.17, 15) is 0 Å². The molecule has 0 aliphatic rings. The molecule has 0 aliphatic heterocycles. The minimum Gasteiger partial charge on any atom is -0.453 e. The topological polar surface area (TPSA) is 70.5 Å². The number of hydrogen-bond acceptors (Lipinski definition) is 4. The van der Waals surface area contributed by atoms with Crippen molar-refractivity contribution in [1.82, 2.24) is 0 Å². The lowest BCUT2D eigenvalue weighted by molar-refractivity contribution is 0.00445. The molecule has 2 aromatic rings. The van der Waals surface area contributed by atoms with Crippen LogP contribution in [-0.4, -0.2) is 6.29 Å². The van der Waals surface area contributed by atoms with Crippen LogP contribution in [-0.2, 0) is 0 Å². The molecule has 100 valence electrons. The highest BCUT2D eigenvalue weighted by molar-refractivity contribution is 5.53. The summed E-state index contributed by atoms with van der Waals surface area (Å²) >= 11 is 0. The molecule has 0 amide bonds. The molecule has 0 fully saturated rings.